The summed E-state index contributed by atoms with van der Waals surface area (Å²) in [5.74, 6) is 0.553. The lowest BCUT2D eigenvalue weighted by Crippen LogP contribution is -2.51. The van der Waals surface area contributed by atoms with Gasteiger partial charge in [0.25, 0.3) is 0 Å². The number of halogens is 3. The Kier molecular flexibility index (Phi) is 6.54. The number of carbonyl (C=O) groups is 1. The van der Waals surface area contributed by atoms with Crippen molar-refractivity contribution in [2.24, 2.45) is 5.92 Å². The van der Waals surface area contributed by atoms with Crippen LogP contribution in [0.1, 0.15) is 42.5 Å². The van der Waals surface area contributed by atoms with Crippen molar-refractivity contribution in [2.45, 2.75) is 49.9 Å². The van der Waals surface area contributed by atoms with Crippen molar-refractivity contribution >= 4 is 33.8 Å². The molecule has 35 heavy (non-hydrogen) atoms. The first-order valence-electron chi connectivity index (χ1n) is 11.8. The van der Waals surface area contributed by atoms with Crippen LogP contribution < -0.4 is 5.32 Å². The number of likely N-dealkylation sites (tertiary alicyclic amines) is 1. The minimum Gasteiger partial charge on any atom is -0.384 e. The highest BCUT2D eigenvalue weighted by Crippen LogP contribution is 2.40. The highest BCUT2D eigenvalue weighted by Gasteiger charge is 2.40. The maximum absolute atomic E-state index is 13.1. The summed E-state index contributed by atoms with van der Waals surface area (Å²) >= 11 is 1.60. The van der Waals surface area contributed by atoms with Crippen LogP contribution in [0.15, 0.2) is 42.0 Å². The van der Waals surface area contributed by atoms with Gasteiger partial charge in [-0.05, 0) is 61.2 Å². The molecule has 0 bridgehead atoms. The highest BCUT2D eigenvalue weighted by atomic mass is 32.1. The van der Waals surface area contributed by atoms with Crippen molar-refractivity contribution in [2.75, 3.05) is 25.0 Å². The van der Waals surface area contributed by atoms with Crippen molar-refractivity contribution < 1.29 is 23.1 Å². The number of benzene rings is 1. The van der Waals surface area contributed by atoms with E-state index >= 15 is 0 Å². The molecule has 0 radical (unpaired) electrons. The van der Waals surface area contributed by atoms with Gasteiger partial charge in [0.05, 0.1) is 17.6 Å². The van der Waals surface area contributed by atoms with E-state index in [1.54, 1.807) is 11.3 Å². The quantitative estimate of drug-likeness (QED) is 0.479. The third kappa shape index (κ3) is 5.19. The first-order valence-corrected chi connectivity index (χ1v) is 12.7. The summed E-state index contributed by atoms with van der Waals surface area (Å²) in [7, 11) is 0. The normalized spacial score (nSPS) is 22.6. The Morgan fingerprint density at radius 2 is 1.97 bits per heavy atom. The smallest absolute Gasteiger partial charge is 0.384 e. The van der Waals surface area contributed by atoms with Crippen LogP contribution in [0.4, 0.5) is 19.0 Å². The molecule has 2 N–H and O–H groups in total. The molecule has 10 heteroatoms. The van der Waals surface area contributed by atoms with E-state index in [-0.39, 0.29) is 23.5 Å². The zero-order valence-corrected chi connectivity index (χ0v) is 19.9. The van der Waals surface area contributed by atoms with Gasteiger partial charge in [-0.25, -0.2) is 9.97 Å². The zero-order valence-electron chi connectivity index (χ0n) is 19.1. The second-order valence-electron chi connectivity index (χ2n) is 9.58. The molecule has 1 saturated carbocycles. The summed E-state index contributed by atoms with van der Waals surface area (Å²) in [6.07, 6.45) is 0.600. The molecule has 3 aromatic rings. The lowest BCUT2D eigenvalue weighted by atomic mass is 9.75. The molecule has 3 heterocycles. The number of fused-ring (bicyclic) bond motifs is 1. The number of nitrogens with zero attached hydrogens (tertiary/aromatic N) is 3. The van der Waals surface area contributed by atoms with Gasteiger partial charge >= 0.3 is 6.18 Å². The number of ketones is 1. The largest absolute Gasteiger partial charge is 0.416 e. The van der Waals surface area contributed by atoms with E-state index in [0.29, 0.717) is 23.9 Å². The molecule has 186 valence electrons. The Labute approximate surface area is 205 Å². The fourth-order valence-electron chi connectivity index (χ4n) is 5.16. The summed E-state index contributed by atoms with van der Waals surface area (Å²) in [5, 5.41) is 16.1. The molecular weight excluding hydrogens is 477 g/mol. The summed E-state index contributed by atoms with van der Waals surface area (Å²) < 4.78 is 39.3. The maximum atomic E-state index is 13.1. The Balaban J connectivity index is 1.10. The summed E-state index contributed by atoms with van der Waals surface area (Å²) in [6, 6.07) is 7.72. The van der Waals surface area contributed by atoms with Crippen LogP contribution in [-0.4, -0.2) is 51.4 Å². The first kappa shape index (κ1) is 24.1. The van der Waals surface area contributed by atoms with E-state index < -0.39 is 17.3 Å². The molecule has 2 aliphatic rings. The van der Waals surface area contributed by atoms with Crippen molar-refractivity contribution in [3.05, 3.63) is 52.5 Å². The van der Waals surface area contributed by atoms with Crippen LogP contribution in [0, 0.1) is 5.92 Å². The van der Waals surface area contributed by atoms with Gasteiger partial charge in [-0.2, -0.15) is 13.2 Å². The zero-order chi connectivity index (χ0) is 24.6. The number of aliphatic hydroxyl groups is 1. The Bertz CT molecular complexity index is 1190. The van der Waals surface area contributed by atoms with E-state index in [1.807, 2.05) is 17.5 Å². The second kappa shape index (κ2) is 9.48. The number of aromatic nitrogens is 2. The number of alkyl halides is 3. The monoisotopic (exact) mass is 504 g/mol. The van der Waals surface area contributed by atoms with Gasteiger partial charge < -0.3 is 15.3 Å². The summed E-state index contributed by atoms with van der Waals surface area (Å²) in [6.45, 7) is 1.71. The minimum absolute atomic E-state index is 0.0119. The van der Waals surface area contributed by atoms with Gasteiger partial charge in [-0.3, -0.25) is 4.79 Å². The molecule has 0 unspecified atom stereocenters. The number of carbonyl (C=O) groups excluding carboxylic acids is 1. The van der Waals surface area contributed by atoms with Gasteiger partial charge in [0.2, 0.25) is 0 Å². The Hall–Kier alpha value is -2.56. The fourth-order valence-corrected chi connectivity index (χ4v) is 6.05. The predicted octanol–water partition coefficient (Wildman–Crippen LogP) is 4.84. The molecular formula is C25H27F3N4O2S. The number of piperidine rings is 1. The standard InChI is InChI=1S/C25H27F3N4O2S/c26-25(27,28)17-3-4-21-20(13-17)23(31-15-30-21)29-14-19(33)12-16-10-18(11-16)32-7-5-24(34,6-8-32)22-2-1-9-35-22/h1-4,9,13,15-16,18,34H,5-8,10-12,14H2,(H,29,30,31). The van der Waals surface area contributed by atoms with Crippen LogP contribution in [0.2, 0.25) is 0 Å². The topological polar surface area (TPSA) is 78.4 Å². The van der Waals surface area contributed by atoms with Gasteiger partial charge in [0.15, 0.2) is 5.78 Å². The maximum Gasteiger partial charge on any atom is 0.416 e. The molecule has 0 spiro atoms. The fraction of sp³-hybridized carbons (Fsp3) is 0.480. The third-order valence-corrected chi connectivity index (χ3v) is 8.33. The lowest BCUT2D eigenvalue weighted by molar-refractivity contribution is -0.137. The molecule has 2 aromatic heterocycles. The van der Waals surface area contributed by atoms with Crippen LogP contribution in [-0.2, 0) is 16.6 Å². The van der Waals surface area contributed by atoms with E-state index in [0.717, 1.165) is 55.8 Å². The molecule has 1 aliphatic heterocycles. The van der Waals surface area contributed by atoms with Gasteiger partial charge in [-0.15, -0.1) is 11.3 Å². The third-order valence-electron chi connectivity index (χ3n) is 7.26. The Morgan fingerprint density at radius 1 is 1.20 bits per heavy atom. The van der Waals surface area contributed by atoms with E-state index in [4.69, 9.17) is 0 Å². The number of rotatable bonds is 7. The predicted molar refractivity (Wildman–Crippen MR) is 128 cm³/mol. The number of hydrogen-bond donors (Lipinski definition) is 2. The van der Waals surface area contributed by atoms with Crippen LogP contribution >= 0.6 is 11.3 Å². The molecule has 0 atom stereocenters. The van der Waals surface area contributed by atoms with Crippen LogP contribution in [0.25, 0.3) is 10.9 Å². The van der Waals surface area contributed by atoms with Crippen LogP contribution in [0.5, 0.6) is 0 Å². The molecule has 1 aromatic carbocycles. The van der Waals surface area contributed by atoms with Gasteiger partial charge in [0.1, 0.15) is 17.7 Å². The Morgan fingerprint density at radius 3 is 2.66 bits per heavy atom. The van der Waals surface area contributed by atoms with Crippen molar-refractivity contribution in [3.8, 4) is 0 Å². The average molecular weight is 505 g/mol. The second-order valence-corrected chi connectivity index (χ2v) is 10.5. The first-order chi connectivity index (χ1) is 16.7. The van der Waals surface area contributed by atoms with Crippen LogP contribution in [0.3, 0.4) is 0 Å². The molecule has 2 fully saturated rings. The SMILES string of the molecule is O=C(CNc1ncnc2ccc(C(F)(F)F)cc12)CC1CC(N2CCC(O)(c3cccs3)CC2)C1. The van der Waals surface area contributed by atoms with Crippen molar-refractivity contribution in [3.63, 3.8) is 0 Å². The molecule has 1 aliphatic carbocycles. The van der Waals surface area contributed by atoms with Gasteiger partial charge in [0, 0.05) is 35.8 Å². The van der Waals surface area contributed by atoms with Gasteiger partial charge in [-0.1, -0.05) is 6.07 Å². The van der Waals surface area contributed by atoms with Crippen molar-refractivity contribution in [1.29, 1.82) is 0 Å². The molecule has 1 saturated heterocycles. The van der Waals surface area contributed by atoms with E-state index in [2.05, 4.69) is 20.2 Å². The van der Waals surface area contributed by atoms with E-state index in [1.165, 1.54) is 12.4 Å². The molecule has 6 nitrogen and oxygen atoms in total. The van der Waals surface area contributed by atoms with Crippen molar-refractivity contribution in [1.82, 2.24) is 14.9 Å². The average Bonchev–Trinajstić information content (AvgIpc) is 3.36. The number of anilines is 1. The number of thiophene rings is 1. The summed E-state index contributed by atoms with van der Waals surface area (Å²) in [4.78, 5) is 24.1. The number of Topliss-reactive ketones (excluding diaryl/α,β-unsaturated/α-hetero) is 1. The number of nitrogens with one attached hydrogen (secondary N) is 1. The van der Waals surface area contributed by atoms with E-state index in [9.17, 15) is 23.1 Å². The lowest BCUT2D eigenvalue weighted by Gasteiger charge is -2.47. The molecule has 0 amide bonds. The molecule has 5 rings (SSSR count). The highest BCUT2D eigenvalue weighted by molar-refractivity contribution is 7.10. The summed E-state index contributed by atoms with van der Waals surface area (Å²) in [5.41, 5.74) is -1.11. The minimum atomic E-state index is -4.46. The number of hydrogen-bond acceptors (Lipinski definition) is 7.